The van der Waals surface area contributed by atoms with E-state index in [1.807, 2.05) is 0 Å². The molecule has 0 aromatic carbocycles. The van der Waals surface area contributed by atoms with Crippen LogP contribution in [0.5, 0.6) is 0 Å². The third kappa shape index (κ3) is 2.27. The highest BCUT2D eigenvalue weighted by Gasteiger charge is 2.29. The van der Waals surface area contributed by atoms with Gasteiger partial charge in [0.25, 0.3) is 0 Å². The predicted octanol–water partition coefficient (Wildman–Crippen LogP) is 3.11. The van der Waals surface area contributed by atoms with Crippen LogP contribution in [0.25, 0.3) is 0 Å². The van der Waals surface area contributed by atoms with Gasteiger partial charge in [0.05, 0.1) is 0 Å². The summed E-state index contributed by atoms with van der Waals surface area (Å²) >= 11 is 3.54. The molecule has 1 aromatic rings. The molecule has 0 amide bonds. The van der Waals surface area contributed by atoms with Gasteiger partial charge in [0.1, 0.15) is 12.1 Å². The van der Waals surface area contributed by atoms with E-state index in [9.17, 15) is 0 Å². The van der Waals surface area contributed by atoms with Gasteiger partial charge in [0.2, 0.25) is 0 Å². The SMILES string of the molecule is BrCCCN(c1ncnc2c1CCC2)C1CCC1. The molecule has 4 heteroatoms. The van der Waals surface area contributed by atoms with Gasteiger partial charge < -0.3 is 4.90 Å². The summed E-state index contributed by atoms with van der Waals surface area (Å²) in [4.78, 5) is 11.6. The molecule has 0 spiro atoms. The van der Waals surface area contributed by atoms with Crippen molar-refractivity contribution in [2.45, 2.75) is 51.0 Å². The number of anilines is 1. The van der Waals surface area contributed by atoms with Crippen molar-refractivity contribution in [2.75, 3.05) is 16.8 Å². The van der Waals surface area contributed by atoms with Crippen molar-refractivity contribution in [3.63, 3.8) is 0 Å². The maximum Gasteiger partial charge on any atom is 0.135 e. The van der Waals surface area contributed by atoms with Crippen molar-refractivity contribution in [1.29, 1.82) is 0 Å². The summed E-state index contributed by atoms with van der Waals surface area (Å²) in [6.45, 7) is 1.12. The summed E-state index contributed by atoms with van der Waals surface area (Å²) in [5, 5.41) is 1.07. The molecular formula is C14H20BrN3. The zero-order chi connectivity index (χ0) is 12.4. The van der Waals surface area contributed by atoms with E-state index < -0.39 is 0 Å². The number of rotatable bonds is 5. The third-order valence-corrected chi connectivity index (χ3v) is 4.73. The predicted molar refractivity (Wildman–Crippen MR) is 77.5 cm³/mol. The van der Waals surface area contributed by atoms with Crippen LogP contribution >= 0.6 is 15.9 Å². The fourth-order valence-corrected chi connectivity index (χ4v) is 3.23. The van der Waals surface area contributed by atoms with Crippen molar-refractivity contribution in [2.24, 2.45) is 0 Å². The maximum atomic E-state index is 4.61. The first-order chi connectivity index (χ1) is 8.90. The Morgan fingerprint density at radius 3 is 2.83 bits per heavy atom. The van der Waals surface area contributed by atoms with Crippen molar-refractivity contribution >= 4 is 21.7 Å². The molecular weight excluding hydrogens is 290 g/mol. The van der Waals surface area contributed by atoms with E-state index in [1.54, 1.807) is 6.33 Å². The van der Waals surface area contributed by atoms with Gasteiger partial charge in [-0.15, -0.1) is 0 Å². The first-order valence-electron chi connectivity index (χ1n) is 7.05. The Hall–Kier alpha value is -0.640. The quantitative estimate of drug-likeness (QED) is 0.783. The lowest BCUT2D eigenvalue weighted by atomic mass is 9.91. The minimum atomic E-state index is 0.726. The van der Waals surface area contributed by atoms with Crippen LogP contribution in [0.2, 0.25) is 0 Å². The van der Waals surface area contributed by atoms with Crippen molar-refractivity contribution in [3.8, 4) is 0 Å². The lowest BCUT2D eigenvalue weighted by Gasteiger charge is -2.39. The molecule has 0 aliphatic heterocycles. The topological polar surface area (TPSA) is 29.0 Å². The van der Waals surface area contributed by atoms with Crippen molar-refractivity contribution in [3.05, 3.63) is 17.6 Å². The molecule has 0 saturated heterocycles. The second-order valence-electron chi connectivity index (χ2n) is 5.30. The number of alkyl halides is 1. The van der Waals surface area contributed by atoms with Gasteiger partial charge in [-0.2, -0.15) is 0 Å². The van der Waals surface area contributed by atoms with Gasteiger partial charge in [-0.3, -0.25) is 0 Å². The van der Waals surface area contributed by atoms with Crippen LogP contribution in [0.4, 0.5) is 5.82 Å². The molecule has 0 N–H and O–H groups in total. The third-order valence-electron chi connectivity index (χ3n) is 4.17. The number of halogens is 1. The highest BCUT2D eigenvalue weighted by Crippen LogP contribution is 2.34. The highest BCUT2D eigenvalue weighted by molar-refractivity contribution is 9.09. The Morgan fingerprint density at radius 1 is 1.22 bits per heavy atom. The molecule has 0 unspecified atom stereocenters. The van der Waals surface area contributed by atoms with Gasteiger partial charge in [-0.25, -0.2) is 9.97 Å². The van der Waals surface area contributed by atoms with E-state index in [1.165, 1.54) is 55.6 Å². The normalized spacial score (nSPS) is 18.5. The van der Waals surface area contributed by atoms with Gasteiger partial charge in [-0.1, -0.05) is 15.9 Å². The molecule has 2 aliphatic carbocycles. The van der Waals surface area contributed by atoms with E-state index in [0.29, 0.717) is 0 Å². The monoisotopic (exact) mass is 309 g/mol. The maximum absolute atomic E-state index is 4.61. The van der Waals surface area contributed by atoms with Crippen molar-refractivity contribution < 1.29 is 0 Å². The molecule has 0 atom stereocenters. The Labute approximate surface area is 117 Å². The number of fused-ring (bicyclic) bond motifs is 1. The number of aromatic nitrogens is 2. The lowest BCUT2D eigenvalue weighted by Crippen LogP contribution is -2.42. The molecule has 3 nitrogen and oxygen atoms in total. The first-order valence-corrected chi connectivity index (χ1v) is 8.17. The number of hydrogen-bond acceptors (Lipinski definition) is 3. The number of nitrogens with zero attached hydrogens (tertiary/aromatic N) is 3. The Kier molecular flexibility index (Phi) is 3.83. The largest absolute Gasteiger partial charge is 0.353 e. The van der Waals surface area contributed by atoms with E-state index in [-0.39, 0.29) is 0 Å². The van der Waals surface area contributed by atoms with Crippen LogP contribution in [0.3, 0.4) is 0 Å². The second kappa shape index (κ2) is 5.55. The summed E-state index contributed by atoms with van der Waals surface area (Å²) in [5.74, 6) is 1.24. The molecule has 18 heavy (non-hydrogen) atoms. The minimum absolute atomic E-state index is 0.726. The number of hydrogen-bond donors (Lipinski definition) is 0. The zero-order valence-corrected chi connectivity index (χ0v) is 12.3. The smallest absolute Gasteiger partial charge is 0.135 e. The Balaban J connectivity index is 1.86. The summed E-state index contributed by atoms with van der Waals surface area (Å²) in [6, 6.07) is 0.726. The lowest BCUT2D eigenvalue weighted by molar-refractivity contribution is 0.383. The molecule has 98 valence electrons. The number of aryl methyl sites for hydroxylation is 1. The first kappa shape index (κ1) is 12.4. The fourth-order valence-electron chi connectivity index (χ4n) is 2.98. The van der Waals surface area contributed by atoms with Gasteiger partial charge in [-0.05, 0) is 44.9 Å². The second-order valence-corrected chi connectivity index (χ2v) is 6.09. The average Bonchev–Trinajstić information content (AvgIpc) is 2.80. The minimum Gasteiger partial charge on any atom is -0.353 e. The average molecular weight is 310 g/mol. The highest BCUT2D eigenvalue weighted by atomic mass is 79.9. The fraction of sp³-hybridized carbons (Fsp3) is 0.714. The van der Waals surface area contributed by atoms with E-state index in [0.717, 1.165) is 24.3 Å². The van der Waals surface area contributed by atoms with Crippen LogP contribution in [0.1, 0.15) is 43.4 Å². The van der Waals surface area contributed by atoms with Gasteiger partial charge in [0, 0.05) is 29.2 Å². The molecule has 2 aliphatic rings. The van der Waals surface area contributed by atoms with Crippen LogP contribution < -0.4 is 4.90 Å². The van der Waals surface area contributed by atoms with Crippen LogP contribution in [-0.2, 0) is 12.8 Å². The van der Waals surface area contributed by atoms with Crippen molar-refractivity contribution in [1.82, 2.24) is 9.97 Å². The van der Waals surface area contributed by atoms with Crippen LogP contribution in [0.15, 0.2) is 6.33 Å². The summed E-state index contributed by atoms with van der Waals surface area (Å²) in [6.07, 6.45) is 10.6. The molecule has 0 radical (unpaired) electrons. The molecule has 1 heterocycles. The summed E-state index contributed by atoms with van der Waals surface area (Å²) < 4.78 is 0. The molecule has 1 aromatic heterocycles. The van der Waals surface area contributed by atoms with E-state index in [2.05, 4.69) is 30.8 Å². The van der Waals surface area contributed by atoms with E-state index >= 15 is 0 Å². The molecule has 3 rings (SSSR count). The Bertz CT molecular complexity index is 418. The summed E-state index contributed by atoms with van der Waals surface area (Å²) in [7, 11) is 0. The molecule has 1 fully saturated rings. The molecule has 0 bridgehead atoms. The zero-order valence-electron chi connectivity index (χ0n) is 10.7. The Morgan fingerprint density at radius 2 is 2.11 bits per heavy atom. The van der Waals surface area contributed by atoms with Crippen LogP contribution in [0, 0.1) is 0 Å². The van der Waals surface area contributed by atoms with E-state index in [4.69, 9.17) is 0 Å². The molecule has 1 saturated carbocycles. The van der Waals surface area contributed by atoms with Gasteiger partial charge in [0.15, 0.2) is 0 Å². The standard InChI is InChI=1S/C14H20BrN3/c15-8-3-9-18(11-4-1-5-11)14-12-6-2-7-13(12)16-10-17-14/h10-11H,1-9H2. The van der Waals surface area contributed by atoms with Gasteiger partial charge >= 0.3 is 0 Å². The van der Waals surface area contributed by atoms with Crippen LogP contribution in [-0.4, -0.2) is 27.9 Å². The summed E-state index contributed by atoms with van der Waals surface area (Å²) in [5.41, 5.74) is 2.72.